The first kappa shape index (κ1) is 15.4. The van der Waals surface area contributed by atoms with E-state index in [0.29, 0.717) is 12.5 Å². The summed E-state index contributed by atoms with van der Waals surface area (Å²) < 4.78 is 18.1. The van der Waals surface area contributed by atoms with Gasteiger partial charge in [-0.05, 0) is 18.1 Å². The number of benzene rings is 1. The highest BCUT2D eigenvalue weighted by atomic mass is 35.5. The standard InChI is InChI=1S/C13H15ClFNO3/c1-8(2)6-16-11(17)7-19-13(18)12-9(14)4-3-5-10(12)15/h3-5,8H,6-7H2,1-2H3,(H,16,17). The van der Waals surface area contributed by atoms with Crippen LogP contribution < -0.4 is 5.32 Å². The third-order valence-corrected chi connectivity index (χ3v) is 2.52. The fourth-order valence-electron chi connectivity index (χ4n) is 1.27. The number of esters is 1. The van der Waals surface area contributed by atoms with Crippen molar-refractivity contribution in [2.75, 3.05) is 13.2 Å². The Labute approximate surface area is 115 Å². The van der Waals surface area contributed by atoms with Crippen molar-refractivity contribution < 1.29 is 18.7 Å². The first-order valence-electron chi connectivity index (χ1n) is 5.79. The van der Waals surface area contributed by atoms with Gasteiger partial charge in [0.05, 0.1) is 5.02 Å². The highest BCUT2D eigenvalue weighted by Crippen LogP contribution is 2.19. The van der Waals surface area contributed by atoms with Gasteiger partial charge in [-0.15, -0.1) is 0 Å². The number of hydrogen-bond acceptors (Lipinski definition) is 3. The molecule has 0 atom stereocenters. The maximum absolute atomic E-state index is 13.4. The predicted octanol–water partition coefficient (Wildman–Crippen LogP) is 2.41. The number of rotatable bonds is 5. The molecule has 0 saturated carbocycles. The molecule has 0 aromatic heterocycles. The van der Waals surface area contributed by atoms with Crippen molar-refractivity contribution in [3.05, 3.63) is 34.6 Å². The van der Waals surface area contributed by atoms with Crippen LogP contribution in [0.4, 0.5) is 4.39 Å². The second-order valence-corrected chi connectivity index (χ2v) is 4.78. The molecular weight excluding hydrogens is 273 g/mol. The van der Waals surface area contributed by atoms with E-state index in [9.17, 15) is 14.0 Å². The van der Waals surface area contributed by atoms with E-state index >= 15 is 0 Å². The monoisotopic (exact) mass is 287 g/mol. The topological polar surface area (TPSA) is 55.4 Å². The maximum Gasteiger partial charge on any atom is 0.343 e. The van der Waals surface area contributed by atoms with Crippen molar-refractivity contribution >= 4 is 23.5 Å². The van der Waals surface area contributed by atoms with Crippen molar-refractivity contribution in [1.82, 2.24) is 5.32 Å². The zero-order valence-corrected chi connectivity index (χ0v) is 11.5. The highest BCUT2D eigenvalue weighted by molar-refractivity contribution is 6.33. The summed E-state index contributed by atoms with van der Waals surface area (Å²) >= 11 is 5.70. The van der Waals surface area contributed by atoms with E-state index in [0.717, 1.165) is 6.07 Å². The third kappa shape index (κ3) is 4.87. The van der Waals surface area contributed by atoms with Crippen LogP contribution in [-0.4, -0.2) is 25.0 Å². The minimum Gasteiger partial charge on any atom is -0.452 e. The molecule has 0 radical (unpaired) electrons. The van der Waals surface area contributed by atoms with Crippen molar-refractivity contribution in [2.45, 2.75) is 13.8 Å². The van der Waals surface area contributed by atoms with Crippen LogP contribution in [0.3, 0.4) is 0 Å². The largest absolute Gasteiger partial charge is 0.452 e. The number of hydrogen-bond donors (Lipinski definition) is 1. The molecule has 0 heterocycles. The van der Waals surface area contributed by atoms with Crippen LogP contribution >= 0.6 is 11.6 Å². The van der Waals surface area contributed by atoms with Crippen LogP contribution in [0, 0.1) is 11.7 Å². The van der Waals surface area contributed by atoms with E-state index in [1.54, 1.807) is 0 Å². The summed E-state index contributed by atoms with van der Waals surface area (Å²) in [6.07, 6.45) is 0. The van der Waals surface area contributed by atoms with Gasteiger partial charge in [0.2, 0.25) is 0 Å². The first-order chi connectivity index (χ1) is 8.91. The van der Waals surface area contributed by atoms with Crippen LogP contribution in [0.25, 0.3) is 0 Å². The quantitative estimate of drug-likeness (QED) is 0.846. The van der Waals surface area contributed by atoms with Crippen LogP contribution in [0.1, 0.15) is 24.2 Å². The highest BCUT2D eigenvalue weighted by Gasteiger charge is 2.18. The van der Waals surface area contributed by atoms with Gasteiger partial charge in [0, 0.05) is 6.54 Å². The normalized spacial score (nSPS) is 10.4. The third-order valence-electron chi connectivity index (χ3n) is 2.21. The van der Waals surface area contributed by atoms with Gasteiger partial charge < -0.3 is 10.1 Å². The number of carbonyl (C=O) groups is 2. The molecule has 104 valence electrons. The lowest BCUT2D eigenvalue weighted by atomic mass is 10.2. The van der Waals surface area contributed by atoms with E-state index in [4.69, 9.17) is 16.3 Å². The van der Waals surface area contributed by atoms with E-state index in [-0.39, 0.29) is 10.6 Å². The van der Waals surface area contributed by atoms with Crippen LogP contribution in [0.15, 0.2) is 18.2 Å². The maximum atomic E-state index is 13.4. The van der Waals surface area contributed by atoms with Crippen LogP contribution in [0.5, 0.6) is 0 Å². The summed E-state index contributed by atoms with van der Waals surface area (Å²) in [5.41, 5.74) is -0.360. The molecule has 1 aromatic rings. The van der Waals surface area contributed by atoms with Gasteiger partial charge in [-0.25, -0.2) is 9.18 Å². The molecule has 1 N–H and O–H groups in total. The predicted molar refractivity (Wildman–Crippen MR) is 69.5 cm³/mol. The fourth-order valence-corrected chi connectivity index (χ4v) is 1.51. The smallest absolute Gasteiger partial charge is 0.343 e. The Morgan fingerprint density at radius 2 is 2.11 bits per heavy atom. The molecule has 6 heteroatoms. The van der Waals surface area contributed by atoms with E-state index in [2.05, 4.69) is 5.32 Å². The Morgan fingerprint density at radius 3 is 2.68 bits per heavy atom. The molecule has 0 aliphatic rings. The summed E-state index contributed by atoms with van der Waals surface area (Å²) in [7, 11) is 0. The average molecular weight is 288 g/mol. The Bertz CT molecular complexity index is 457. The van der Waals surface area contributed by atoms with Crippen molar-refractivity contribution in [2.24, 2.45) is 5.92 Å². The number of nitrogens with one attached hydrogen (secondary N) is 1. The molecule has 1 amide bonds. The summed E-state index contributed by atoms with van der Waals surface area (Å²) in [6.45, 7) is 3.89. The van der Waals surface area contributed by atoms with Gasteiger partial charge in [0.1, 0.15) is 11.4 Å². The first-order valence-corrected chi connectivity index (χ1v) is 6.17. The summed E-state index contributed by atoms with van der Waals surface area (Å²) in [5, 5.41) is 2.53. The van der Waals surface area contributed by atoms with Gasteiger partial charge >= 0.3 is 5.97 Å². The summed E-state index contributed by atoms with van der Waals surface area (Å²) in [5.74, 6) is -1.88. The van der Waals surface area contributed by atoms with Gasteiger partial charge in [0.25, 0.3) is 5.91 Å². The number of amides is 1. The lowest BCUT2D eigenvalue weighted by Crippen LogP contribution is -2.31. The van der Waals surface area contributed by atoms with E-state index in [1.807, 2.05) is 13.8 Å². The number of carbonyl (C=O) groups excluding carboxylic acids is 2. The average Bonchev–Trinajstić information content (AvgIpc) is 2.33. The fraction of sp³-hybridized carbons (Fsp3) is 0.385. The lowest BCUT2D eigenvalue weighted by Gasteiger charge is -2.09. The van der Waals surface area contributed by atoms with Gasteiger partial charge in [-0.3, -0.25) is 4.79 Å². The second kappa shape index (κ2) is 7.09. The number of halogens is 2. The molecule has 0 spiro atoms. The molecule has 1 rings (SSSR count). The molecular formula is C13H15ClFNO3. The Kier molecular flexibility index (Phi) is 5.76. The summed E-state index contributed by atoms with van der Waals surface area (Å²) in [4.78, 5) is 22.9. The van der Waals surface area contributed by atoms with Crippen LogP contribution in [0.2, 0.25) is 5.02 Å². The zero-order valence-electron chi connectivity index (χ0n) is 10.7. The molecule has 0 saturated heterocycles. The molecule has 1 aromatic carbocycles. The minimum atomic E-state index is -0.956. The molecule has 0 aliphatic carbocycles. The van der Waals surface area contributed by atoms with E-state index in [1.165, 1.54) is 12.1 Å². The van der Waals surface area contributed by atoms with Crippen molar-refractivity contribution in [3.63, 3.8) is 0 Å². The Hall–Kier alpha value is -1.62. The lowest BCUT2D eigenvalue weighted by molar-refractivity contribution is -0.124. The number of ether oxygens (including phenoxy) is 1. The van der Waals surface area contributed by atoms with Gasteiger partial charge in [-0.2, -0.15) is 0 Å². The Morgan fingerprint density at radius 1 is 1.42 bits per heavy atom. The molecule has 0 aliphatic heterocycles. The molecule has 0 unspecified atom stereocenters. The second-order valence-electron chi connectivity index (χ2n) is 4.37. The van der Waals surface area contributed by atoms with Gasteiger partial charge in [0.15, 0.2) is 6.61 Å². The minimum absolute atomic E-state index is 0.0485. The molecule has 19 heavy (non-hydrogen) atoms. The van der Waals surface area contributed by atoms with E-state index < -0.39 is 24.3 Å². The Balaban J connectivity index is 2.54. The molecule has 4 nitrogen and oxygen atoms in total. The zero-order chi connectivity index (χ0) is 14.4. The van der Waals surface area contributed by atoms with Gasteiger partial charge in [-0.1, -0.05) is 31.5 Å². The van der Waals surface area contributed by atoms with Crippen molar-refractivity contribution in [1.29, 1.82) is 0 Å². The summed E-state index contributed by atoms with van der Waals surface area (Å²) in [6, 6.07) is 3.85. The SMILES string of the molecule is CC(C)CNC(=O)COC(=O)c1c(F)cccc1Cl. The van der Waals surface area contributed by atoms with Crippen LogP contribution in [-0.2, 0) is 9.53 Å². The van der Waals surface area contributed by atoms with Crippen molar-refractivity contribution in [3.8, 4) is 0 Å². The molecule has 0 fully saturated rings. The molecule has 0 bridgehead atoms.